The van der Waals surface area contributed by atoms with E-state index in [0.717, 1.165) is 0 Å². The Balaban J connectivity index is 3.28. The van der Waals surface area contributed by atoms with Crippen molar-refractivity contribution in [1.29, 1.82) is 5.41 Å². The Morgan fingerprint density at radius 3 is 2.73 bits per heavy atom. The zero-order valence-corrected chi connectivity index (χ0v) is 9.89. The minimum Gasteiger partial charge on any atom is -0.322 e. The van der Waals surface area contributed by atoms with Gasteiger partial charge in [-0.25, -0.2) is 9.97 Å². The second-order valence-electron chi connectivity index (χ2n) is 2.87. The highest BCUT2D eigenvalue weighted by Crippen LogP contribution is 2.22. The van der Waals surface area contributed by atoms with E-state index < -0.39 is 0 Å². The van der Waals surface area contributed by atoms with Gasteiger partial charge in [0, 0.05) is 5.71 Å². The largest absolute Gasteiger partial charge is 0.322 e. The van der Waals surface area contributed by atoms with Gasteiger partial charge in [-0.15, -0.1) is 0 Å². The van der Waals surface area contributed by atoms with E-state index in [1.165, 1.54) is 6.20 Å². The van der Waals surface area contributed by atoms with Crippen LogP contribution in [0.4, 0.5) is 0 Å². The molecule has 0 amide bonds. The Kier molecular flexibility index (Phi) is 4.20. The minimum atomic E-state index is 0.123. The van der Waals surface area contributed by atoms with Crippen molar-refractivity contribution in [2.24, 2.45) is 0 Å². The van der Waals surface area contributed by atoms with Gasteiger partial charge in [0.1, 0.15) is 11.9 Å². The summed E-state index contributed by atoms with van der Waals surface area (Å²) in [7, 11) is 1.86. The monoisotopic (exact) mass is 245 g/mol. The highest BCUT2D eigenvalue weighted by Gasteiger charge is 2.13. The van der Waals surface area contributed by atoms with E-state index in [-0.39, 0.29) is 5.28 Å². The number of allylic oxidation sites excluding steroid dienone is 1. The summed E-state index contributed by atoms with van der Waals surface area (Å²) < 4.78 is 0. The molecule has 1 aromatic heterocycles. The molecule has 4 nitrogen and oxygen atoms in total. The highest BCUT2D eigenvalue weighted by molar-refractivity contribution is 6.35. The molecule has 0 saturated carbocycles. The topological polar surface area (TPSA) is 66.2 Å². The van der Waals surface area contributed by atoms with Crippen LogP contribution < -0.4 is 5.32 Å². The summed E-state index contributed by atoms with van der Waals surface area (Å²) in [5.74, 6) is 0. The molecule has 6 heteroatoms. The quantitative estimate of drug-likeness (QED) is 0.624. The van der Waals surface area contributed by atoms with Gasteiger partial charge in [0.2, 0.25) is 5.28 Å². The number of rotatable bonds is 3. The van der Waals surface area contributed by atoms with Crippen LogP contribution in [0.15, 0.2) is 12.4 Å². The molecule has 0 radical (unpaired) electrons. The third-order valence-corrected chi connectivity index (χ3v) is 2.17. The fourth-order valence-electron chi connectivity index (χ4n) is 1.08. The summed E-state index contributed by atoms with van der Waals surface area (Å²) >= 11 is 11.6. The lowest BCUT2D eigenvalue weighted by molar-refractivity contribution is -0.555. The van der Waals surface area contributed by atoms with Crippen molar-refractivity contribution in [1.82, 2.24) is 9.97 Å². The second-order valence-corrected chi connectivity index (χ2v) is 3.62. The summed E-state index contributed by atoms with van der Waals surface area (Å²) in [6.45, 7) is 1.67. The lowest BCUT2D eigenvalue weighted by atomic mass is 10.1. The second kappa shape index (κ2) is 5.21. The molecule has 1 heterocycles. The summed E-state index contributed by atoms with van der Waals surface area (Å²) in [6.07, 6.45) is 3.20. The molecule has 0 aromatic carbocycles. The summed E-state index contributed by atoms with van der Waals surface area (Å²) in [4.78, 5) is 7.76. The maximum atomic E-state index is 7.61. The number of nitrogens with one attached hydrogen (secondary N) is 1. The highest BCUT2D eigenvalue weighted by atomic mass is 35.5. The lowest BCUT2D eigenvalue weighted by Gasteiger charge is -2.05. The van der Waals surface area contributed by atoms with Crippen molar-refractivity contribution < 1.29 is 5.32 Å². The van der Waals surface area contributed by atoms with Crippen LogP contribution in [0.25, 0.3) is 5.57 Å². The van der Waals surface area contributed by atoms with Gasteiger partial charge in [0.15, 0.2) is 0 Å². The smallest absolute Gasteiger partial charge is 0.222 e. The maximum absolute atomic E-state index is 7.61. The van der Waals surface area contributed by atoms with Crippen molar-refractivity contribution in [2.45, 2.75) is 6.92 Å². The van der Waals surface area contributed by atoms with Gasteiger partial charge in [0.05, 0.1) is 23.8 Å². The predicted molar refractivity (Wildman–Crippen MR) is 61.3 cm³/mol. The van der Waals surface area contributed by atoms with E-state index in [0.29, 0.717) is 22.0 Å². The average molecular weight is 246 g/mol. The van der Waals surface area contributed by atoms with Gasteiger partial charge >= 0.3 is 0 Å². The molecule has 0 unspecified atom stereocenters. The third-order valence-electron chi connectivity index (χ3n) is 1.71. The van der Waals surface area contributed by atoms with Crippen LogP contribution in [0.1, 0.15) is 12.6 Å². The normalized spacial score (nSPS) is 11.6. The van der Waals surface area contributed by atoms with E-state index >= 15 is 0 Å². The van der Waals surface area contributed by atoms with Gasteiger partial charge in [0.25, 0.3) is 0 Å². The van der Waals surface area contributed by atoms with Crippen molar-refractivity contribution in [3.05, 3.63) is 28.4 Å². The number of hydrogen-bond donors (Lipinski definition) is 2. The van der Waals surface area contributed by atoms with Crippen molar-refractivity contribution in [3.63, 3.8) is 0 Å². The number of nitrogens with two attached hydrogens (primary N) is 1. The first-order valence-electron chi connectivity index (χ1n) is 4.30. The Bertz CT molecular complexity index is 415. The Morgan fingerprint density at radius 1 is 1.53 bits per heavy atom. The fraction of sp³-hybridized carbons (Fsp3) is 0.222. The van der Waals surface area contributed by atoms with Gasteiger partial charge in [-0.05, 0) is 18.5 Å². The van der Waals surface area contributed by atoms with E-state index in [9.17, 15) is 0 Å². The Hall–Kier alpha value is -0.970. The average Bonchev–Trinajstić information content (AvgIpc) is 2.18. The molecule has 15 heavy (non-hydrogen) atoms. The molecule has 0 atom stereocenters. The number of nitrogens with zero attached hydrogens (tertiary/aromatic N) is 2. The number of quaternary nitrogens is 1. The van der Waals surface area contributed by atoms with Gasteiger partial charge in [-0.2, -0.15) is 0 Å². The molecule has 80 valence electrons. The standard InChI is InChI=1S/C9H10Cl2N4/c1-5(12)6(3-13-2)8-7(10)4-14-9(11)15-8/h3-4,12-13H,1-2H3/p+1/b6-3+,12-5?. The summed E-state index contributed by atoms with van der Waals surface area (Å²) in [6, 6.07) is 0. The molecule has 1 aromatic rings. The zero-order chi connectivity index (χ0) is 11.4. The molecule has 0 saturated heterocycles. The summed E-state index contributed by atoms with van der Waals surface area (Å²) in [5, 5.41) is 9.94. The lowest BCUT2D eigenvalue weighted by Crippen LogP contribution is -2.73. The van der Waals surface area contributed by atoms with Crippen LogP contribution >= 0.6 is 23.2 Å². The number of hydrogen-bond acceptors (Lipinski definition) is 3. The van der Waals surface area contributed by atoms with E-state index in [1.54, 1.807) is 13.1 Å². The first kappa shape index (κ1) is 12.1. The Labute approximate surface area is 97.8 Å². The van der Waals surface area contributed by atoms with Crippen molar-refractivity contribution in [3.8, 4) is 0 Å². The first-order valence-corrected chi connectivity index (χ1v) is 5.05. The number of halogens is 2. The van der Waals surface area contributed by atoms with Crippen molar-refractivity contribution in [2.75, 3.05) is 7.05 Å². The zero-order valence-electron chi connectivity index (χ0n) is 8.38. The molecule has 0 aliphatic carbocycles. The first-order chi connectivity index (χ1) is 7.06. The molecular weight excluding hydrogens is 235 g/mol. The fourth-order valence-corrected chi connectivity index (χ4v) is 1.41. The Morgan fingerprint density at radius 2 is 2.20 bits per heavy atom. The molecule has 0 spiro atoms. The molecule has 3 N–H and O–H groups in total. The van der Waals surface area contributed by atoms with Crippen LogP contribution in [0.5, 0.6) is 0 Å². The number of aromatic nitrogens is 2. The predicted octanol–water partition coefficient (Wildman–Crippen LogP) is 1.36. The van der Waals surface area contributed by atoms with Crippen LogP contribution in [-0.2, 0) is 0 Å². The molecule has 0 aliphatic heterocycles. The van der Waals surface area contributed by atoms with Crippen LogP contribution in [0.2, 0.25) is 10.3 Å². The molecular formula is C9H11Cl2N4+. The molecule has 0 bridgehead atoms. The summed E-state index contributed by atoms with van der Waals surface area (Å²) in [5.41, 5.74) is 1.51. The van der Waals surface area contributed by atoms with Gasteiger partial charge in [-0.3, -0.25) is 0 Å². The van der Waals surface area contributed by atoms with Crippen LogP contribution in [-0.4, -0.2) is 22.7 Å². The molecule has 1 rings (SSSR count). The molecule has 0 aliphatic rings. The van der Waals surface area contributed by atoms with Crippen molar-refractivity contribution >= 4 is 34.5 Å². The van der Waals surface area contributed by atoms with E-state index in [4.69, 9.17) is 28.6 Å². The minimum absolute atomic E-state index is 0.123. The maximum Gasteiger partial charge on any atom is 0.222 e. The van der Waals surface area contributed by atoms with Gasteiger partial charge < -0.3 is 10.7 Å². The van der Waals surface area contributed by atoms with Crippen LogP contribution in [0.3, 0.4) is 0 Å². The SMILES string of the molecule is C[NH2+]/C=C(\C(C)=N)c1nc(Cl)ncc1Cl. The van der Waals surface area contributed by atoms with Gasteiger partial charge in [-0.1, -0.05) is 11.6 Å². The third kappa shape index (κ3) is 2.99. The van der Waals surface area contributed by atoms with E-state index in [2.05, 4.69) is 9.97 Å². The molecule has 0 fully saturated rings. The van der Waals surface area contributed by atoms with E-state index in [1.807, 2.05) is 12.4 Å². The van der Waals surface area contributed by atoms with Crippen LogP contribution in [0, 0.1) is 5.41 Å².